The van der Waals surface area contributed by atoms with Gasteiger partial charge in [0, 0.05) is 26.6 Å². The molecule has 0 bridgehead atoms. The first-order valence-corrected chi connectivity index (χ1v) is 5.47. The quantitative estimate of drug-likeness (QED) is 0.766. The van der Waals surface area contributed by atoms with Crippen molar-refractivity contribution < 1.29 is 9.47 Å². The van der Waals surface area contributed by atoms with Gasteiger partial charge in [-0.05, 0) is 6.92 Å². The minimum atomic E-state index is -0.398. The molecule has 0 amide bonds. The first-order chi connectivity index (χ1) is 7.20. The molecule has 0 radical (unpaired) electrons. The average Bonchev–Trinajstić information content (AvgIpc) is 2.78. The van der Waals surface area contributed by atoms with Gasteiger partial charge in [-0.1, -0.05) is 0 Å². The minimum Gasteiger partial charge on any atom is -0.356 e. The Kier molecular flexibility index (Phi) is 5.26. The third-order valence-electron chi connectivity index (χ3n) is 2.82. The van der Waals surface area contributed by atoms with Crippen LogP contribution in [0.15, 0.2) is 4.99 Å². The third kappa shape index (κ3) is 3.46. The average molecular weight is 341 g/mol. The lowest BCUT2D eigenvalue weighted by Crippen LogP contribution is -2.39. The van der Waals surface area contributed by atoms with Crippen LogP contribution in [0.3, 0.4) is 0 Å². The molecule has 0 spiro atoms. The SMILES string of the molecule is CN1CCN=C1NCCC1(C)OCCO1.I. The third-order valence-corrected chi connectivity index (χ3v) is 2.82. The fourth-order valence-electron chi connectivity index (χ4n) is 1.83. The van der Waals surface area contributed by atoms with Crippen molar-refractivity contribution in [3.8, 4) is 0 Å². The minimum absolute atomic E-state index is 0. The van der Waals surface area contributed by atoms with Gasteiger partial charge in [-0.2, -0.15) is 0 Å². The Morgan fingerprint density at radius 1 is 1.44 bits per heavy atom. The molecule has 16 heavy (non-hydrogen) atoms. The number of rotatable bonds is 3. The van der Waals surface area contributed by atoms with E-state index < -0.39 is 5.79 Å². The molecule has 2 aliphatic rings. The molecule has 5 nitrogen and oxygen atoms in total. The number of likely N-dealkylation sites (N-methyl/N-ethyl adjacent to an activating group) is 1. The lowest BCUT2D eigenvalue weighted by molar-refractivity contribution is -0.145. The highest BCUT2D eigenvalue weighted by Gasteiger charge is 2.30. The maximum atomic E-state index is 5.52. The van der Waals surface area contributed by atoms with Crippen molar-refractivity contribution in [2.45, 2.75) is 19.1 Å². The van der Waals surface area contributed by atoms with Crippen molar-refractivity contribution in [3.63, 3.8) is 0 Å². The number of aliphatic imine (C=N–C) groups is 1. The number of ether oxygens (including phenoxy) is 2. The van der Waals surface area contributed by atoms with E-state index in [4.69, 9.17) is 9.47 Å². The second kappa shape index (κ2) is 6.02. The van der Waals surface area contributed by atoms with Crippen molar-refractivity contribution in [1.82, 2.24) is 10.2 Å². The molecule has 0 aromatic heterocycles. The Labute approximate surface area is 114 Å². The summed E-state index contributed by atoms with van der Waals surface area (Å²) in [5.74, 6) is 0.585. The highest BCUT2D eigenvalue weighted by molar-refractivity contribution is 14.0. The molecule has 0 aromatic rings. The molecule has 0 aliphatic carbocycles. The zero-order valence-corrected chi connectivity index (χ0v) is 12.2. The van der Waals surface area contributed by atoms with Gasteiger partial charge in [-0.25, -0.2) is 0 Å². The van der Waals surface area contributed by atoms with Gasteiger partial charge in [0.1, 0.15) is 0 Å². The number of nitrogens with one attached hydrogen (secondary N) is 1. The zero-order valence-electron chi connectivity index (χ0n) is 9.86. The highest BCUT2D eigenvalue weighted by atomic mass is 127. The van der Waals surface area contributed by atoms with Gasteiger partial charge in [0.25, 0.3) is 0 Å². The van der Waals surface area contributed by atoms with E-state index in [2.05, 4.69) is 15.2 Å². The topological polar surface area (TPSA) is 46.1 Å². The van der Waals surface area contributed by atoms with Crippen LogP contribution in [-0.2, 0) is 9.47 Å². The molecule has 1 saturated heterocycles. The normalized spacial score (nSPS) is 22.9. The molecule has 94 valence electrons. The Hall–Kier alpha value is -0.0800. The van der Waals surface area contributed by atoms with Crippen LogP contribution in [0.25, 0.3) is 0 Å². The molecule has 2 aliphatic heterocycles. The number of hydrogen-bond acceptors (Lipinski definition) is 5. The summed E-state index contributed by atoms with van der Waals surface area (Å²) in [6.07, 6.45) is 0.847. The maximum Gasteiger partial charge on any atom is 0.193 e. The van der Waals surface area contributed by atoms with Crippen molar-refractivity contribution in [2.75, 3.05) is 39.9 Å². The van der Waals surface area contributed by atoms with E-state index in [-0.39, 0.29) is 24.0 Å². The van der Waals surface area contributed by atoms with Crippen LogP contribution >= 0.6 is 24.0 Å². The van der Waals surface area contributed by atoms with Crippen molar-refractivity contribution in [3.05, 3.63) is 0 Å². The summed E-state index contributed by atoms with van der Waals surface area (Å²) >= 11 is 0. The van der Waals surface area contributed by atoms with Crippen LogP contribution in [0.4, 0.5) is 0 Å². The second-order valence-electron chi connectivity index (χ2n) is 4.13. The van der Waals surface area contributed by atoms with Gasteiger partial charge >= 0.3 is 0 Å². The summed E-state index contributed by atoms with van der Waals surface area (Å²) in [6.45, 7) is 6.13. The summed E-state index contributed by atoms with van der Waals surface area (Å²) in [6, 6.07) is 0. The van der Waals surface area contributed by atoms with Crippen molar-refractivity contribution >= 4 is 29.9 Å². The van der Waals surface area contributed by atoms with E-state index in [1.807, 2.05) is 14.0 Å². The Morgan fingerprint density at radius 3 is 2.69 bits per heavy atom. The number of halogens is 1. The Balaban J connectivity index is 0.00000128. The van der Waals surface area contributed by atoms with E-state index in [0.717, 1.165) is 32.0 Å². The summed E-state index contributed by atoms with van der Waals surface area (Å²) in [7, 11) is 2.04. The van der Waals surface area contributed by atoms with Crippen LogP contribution in [0, 0.1) is 0 Å². The van der Waals surface area contributed by atoms with E-state index in [9.17, 15) is 0 Å². The number of nitrogens with zero attached hydrogens (tertiary/aromatic N) is 2. The summed E-state index contributed by atoms with van der Waals surface area (Å²) in [4.78, 5) is 6.48. The van der Waals surface area contributed by atoms with E-state index in [1.54, 1.807) is 0 Å². The van der Waals surface area contributed by atoms with Gasteiger partial charge in [0.05, 0.1) is 19.8 Å². The summed E-state index contributed by atoms with van der Waals surface area (Å²) in [5.41, 5.74) is 0. The van der Waals surface area contributed by atoms with Gasteiger partial charge < -0.3 is 19.7 Å². The second-order valence-corrected chi connectivity index (χ2v) is 4.13. The summed E-state index contributed by atoms with van der Waals surface area (Å²) in [5, 5.41) is 3.30. The zero-order chi connectivity index (χ0) is 10.7. The lowest BCUT2D eigenvalue weighted by atomic mass is 10.2. The fraction of sp³-hybridized carbons (Fsp3) is 0.900. The van der Waals surface area contributed by atoms with E-state index in [0.29, 0.717) is 13.2 Å². The molecule has 2 rings (SSSR count). The first-order valence-electron chi connectivity index (χ1n) is 5.47. The van der Waals surface area contributed by atoms with E-state index in [1.165, 1.54) is 0 Å². The predicted octanol–water partition coefficient (Wildman–Crippen LogP) is 0.648. The molecular weight excluding hydrogens is 321 g/mol. The largest absolute Gasteiger partial charge is 0.356 e. The Bertz CT molecular complexity index is 254. The molecule has 0 atom stereocenters. The number of hydrogen-bond donors (Lipinski definition) is 1. The van der Waals surface area contributed by atoms with Gasteiger partial charge in [-0.3, -0.25) is 4.99 Å². The van der Waals surface area contributed by atoms with Gasteiger partial charge in [-0.15, -0.1) is 24.0 Å². The van der Waals surface area contributed by atoms with Gasteiger partial charge in [0.15, 0.2) is 11.7 Å². The maximum absolute atomic E-state index is 5.52. The van der Waals surface area contributed by atoms with Crippen LogP contribution in [0.5, 0.6) is 0 Å². The lowest BCUT2D eigenvalue weighted by Gasteiger charge is -2.23. The van der Waals surface area contributed by atoms with Crippen molar-refractivity contribution in [1.29, 1.82) is 0 Å². The highest BCUT2D eigenvalue weighted by Crippen LogP contribution is 2.21. The smallest absolute Gasteiger partial charge is 0.193 e. The Morgan fingerprint density at radius 2 is 2.12 bits per heavy atom. The van der Waals surface area contributed by atoms with Gasteiger partial charge in [0.2, 0.25) is 0 Å². The first kappa shape index (κ1) is 14.0. The van der Waals surface area contributed by atoms with Crippen LogP contribution in [0.2, 0.25) is 0 Å². The molecule has 6 heteroatoms. The van der Waals surface area contributed by atoms with E-state index >= 15 is 0 Å². The fourth-order valence-corrected chi connectivity index (χ4v) is 1.83. The molecule has 0 unspecified atom stereocenters. The van der Waals surface area contributed by atoms with Crippen LogP contribution in [0.1, 0.15) is 13.3 Å². The molecular formula is C10H20IN3O2. The molecule has 1 N–H and O–H groups in total. The molecule has 0 saturated carbocycles. The van der Waals surface area contributed by atoms with Crippen LogP contribution in [-0.4, -0.2) is 56.5 Å². The monoisotopic (exact) mass is 341 g/mol. The standard InChI is InChI=1S/C10H19N3O2.HI/c1-10(14-7-8-15-10)3-4-11-9-12-5-6-13(9)2;/h3-8H2,1-2H3,(H,11,12);1H. The molecule has 1 fully saturated rings. The predicted molar refractivity (Wildman–Crippen MR) is 73.3 cm³/mol. The number of guanidine groups is 1. The van der Waals surface area contributed by atoms with Crippen molar-refractivity contribution in [2.24, 2.45) is 4.99 Å². The molecule has 2 heterocycles. The summed E-state index contributed by atoms with van der Waals surface area (Å²) < 4.78 is 11.0. The molecule has 0 aromatic carbocycles. The van der Waals surface area contributed by atoms with Crippen LogP contribution < -0.4 is 5.32 Å².